The number of hydrogen-bond acceptors (Lipinski definition) is 3. The number of nitrogens with zero attached hydrogens (tertiary/aromatic N) is 2. The Morgan fingerprint density at radius 1 is 1.33 bits per heavy atom. The van der Waals surface area contributed by atoms with Gasteiger partial charge in [-0.25, -0.2) is 9.59 Å². The van der Waals surface area contributed by atoms with E-state index in [1.165, 1.54) is 4.90 Å². The molecule has 0 bridgehead atoms. The molecule has 2 aliphatic heterocycles. The highest BCUT2D eigenvalue weighted by Crippen LogP contribution is 2.25. The molecule has 6 nitrogen and oxygen atoms in total. The smallest absolute Gasteiger partial charge is 0.326 e. The van der Waals surface area contributed by atoms with Gasteiger partial charge in [-0.1, -0.05) is 6.92 Å². The zero-order valence-corrected chi connectivity index (χ0v) is 10.6. The minimum atomic E-state index is -1.04. The van der Waals surface area contributed by atoms with Crippen molar-refractivity contribution in [2.45, 2.75) is 50.8 Å². The Bertz CT molecular complexity index is 347. The summed E-state index contributed by atoms with van der Waals surface area (Å²) in [5.41, 5.74) is 0. The highest BCUT2D eigenvalue weighted by molar-refractivity contribution is 5.83. The summed E-state index contributed by atoms with van der Waals surface area (Å²) < 4.78 is 0. The van der Waals surface area contributed by atoms with Crippen LogP contribution in [0.5, 0.6) is 0 Å². The average molecular weight is 256 g/mol. The van der Waals surface area contributed by atoms with E-state index in [1.54, 1.807) is 4.90 Å². The number of hydrogen-bond donors (Lipinski definition) is 2. The van der Waals surface area contributed by atoms with E-state index in [9.17, 15) is 14.7 Å². The number of amides is 2. The fourth-order valence-electron chi connectivity index (χ4n) is 2.94. The van der Waals surface area contributed by atoms with Crippen LogP contribution < -0.4 is 0 Å². The van der Waals surface area contributed by atoms with E-state index in [2.05, 4.69) is 0 Å². The van der Waals surface area contributed by atoms with Crippen LogP contribution in [0, 0.1) is 0 Å². The first kappa shape index (κ1) is 13.1. The second kappa shape index (κ2) is 5.14. The molecular weight excluding hydrogens is 236 g/mol. The van der Waals surface area contributed by atoms with Crippen LogP contribution in [0.2, 0.25) is 0 Å². The molecule has 2 heterocycles. The van der Waals surface area contributed by atoms with Crippen molar-refractivity contribution in [3.05, 3.63) is 0 Å². The van der Waals surface area contributed by atoms with Crippen molar-refractivity contribution in [1.82, 2.24) is 9.80 Å². The van der Waals surface area contributed by atoms with Crippen LogP contribution in [0.25, 0.3) is 0 Å². The molecule has 0 aromatic heterocycles. The predicted molar refractivity (Wildman–Crippen MR) is 64.2 cm³/mol. The summed E-state index contributed by atoms with van der Waals surface area (Å²) in [6.45, 7) is 2.85. The van der Waals surface area contributed by atoms with Gasteiger partial charge in [0.05, 0.1) is 6.10 Å². The predicted octanol–water partition coefficient (Wildman–Crippen LogP) is 0.501. The molecule has 2 rings (SSSR count). The Labute approximate surface area is 106 Å². The Morgan fingerprint density at radius 2 is 2.06 bits per heavy atom. The lowest BCUT2D eigenvalue weighted by atomic mass is 10.2. The van der Waals surface area contributed by atoms with Crippen LogP contribution in [0.4, 0.5) is 4.79 Å². The van der Waals surface area contributed by atoms with E-state index in [4.69, 9.17) is 5.11 Å². The van der Waals surface area contributed by atoms with Crippen molar-refractivity contribution >= 4 is 12.0 Å². The highest BCUT2D eigenvalue weighted by atomic mass is 16.4. The van der Waals surface area contributed by atoms with Crippen LogP contribution in [-0.4, -0.2) is 63.3 Å². The van der Waals surface area contributed by atoms with Gasteiger partial charge in [0.25, 0.3) is 0 Å². The lowest BCUT2D eigenvalue weighted by Crippen LogP contribution is -2.49. The van der Waals surface area contributed by atoms with Crippen LogP contribution in [0.15, 0.2) is 0 Å². The van der Waals surface area contributed by atoms with E-state index in [1.807, 2.05) is 6.92 Å². The van der Waals surface area contributed by atoms with E-state index in [0.717, 1.165) is 19.3 Å². The number of carbonyl (C=O) groups is 2. The minimum Gasteiger partial charge on any atom is -0.480 e. The summed E-state index contributed by atoms with van der Waals surface area (Å²) in [4.78, 5) is 26.5. The lowest BCUT2D eigenvalue weighted by Gasteiger charge is -2.31. The van der Waals surface area contributed by atoms with Crippen molar-refractivity contribution < 1.29 is 19.8 Å². The van der Waals surface area contributed by atoms with Gasteiger partial charge in [0.2, 0.25) is 0 Å². The SMILES string of the molecule is CCC1CCCN1C(=O)N1C[C@@H](O)C[C@H]1C(=O)O. The van der Waals surface area contributed by atoms with E-state index >= 15 is 0 Å². The lowest BCUT2D eigenvalue weighted by molar-refractivity contribution is -0.141. The van der Waals surface area contributed by atoms with Gasteiger partial charge in [-0.3, -0.25) is 0 Å². The molecule has 0 aromatic carbocycles. The number of urea groups is 1. The van der Waals surface area contributed by atoms with Crippen molar-refractivity contribution in [3.8, 4) is 0 Å². The van der Waals surface area contributed by atoms with Crippen LogP contribution >= 0.6 is 0 Å². The third-order valence-electron chi connectivity index (χ3n) is 3.90. The topological polar surface area (TPSA) is 81.1 Å². The molecule has 0 aromatic rings. The molecule has 102 valence electrons. The molecule has 0 radical (unpaired) electrons. The first-order valence-corrected chi connectivity index (χ1v) is 6.52. The van der Waals surface area contributed by atoms with Crippen molar-refractivity contribution in [2.75, 3.05) is 13.1 Å². The fraction of sp³-hybridized carbons (Fsp3) is 0.833. The third kappa shape index (κ3) is 2.29. The molecule has 2 amide bonds. The molecule has 0 aliphatic carbocycles. The molecular formula is C12H20N2O4. The average Bonchev–Trinajstić information content (AvgIpc) is 2.93. The zero-order chi connectivity index (χ0) is 13.3. The van der Waals surface area contributed by atoms with Crippen LogP contribution in [-0.2, 0) is 4.79 Å². The van der Waals surface area contributed by atoms with E-state index in [-0.39, 0.29) is 25.0 Å². The number of β-amino-alcohol motifs (C(OH)–C–C–N with tert-alkyl or cyclic N) is 1. The van der Waals surface area contributed by atoms with Gasteiger partial charge in [-0.2, -0.15) is 0 Å². The van der Waals surface area contributed by atoms with Crippen LogP contribution in [0.3, 0.4) is 0 Å². The number of aliphatic hydroxyl groups is 1. The Hall–Kier alpha value is -1.30. The van der Waals surface area contributed by atoms with Gasteiger partial charge < -0.3 is 20.0 Å². The summed E-state index contributed by atoms with van der Waals surface area (Å²) in [6.07, 6.45) is 2.25. The summed E-state index contributed by atoms with van der Waals surface area (Å²) in [5.74, 6) is -1.04. The number of carboxylic acids is 1. The standard InChI is InChI=1S/C12H20N2O4/c1-2-8-4-3-5-13(8)12(18)14-7-9(15)6-10(14)11(16)17/h8-10,15H,2-7H2,1H3,(H,16,17)/t8?,9-,10-/m0/s1. The third-order valence-corrected chi connectivity index (χ3v) is 3.90. The molecule has 2 fully saturated rings. The summed E-state index contributed by atoms with van der Waals surface area (Å²) in [7, 11) is 0. The number of aliphatic hydroxyl groups excluding tert-OH is 1. The molecule has 2 saturated heterocycles. The molecule has 3 atom stereocenters. The van der Waals surface area contributed by atoms with E-state index < -0.39 is 18.1 Å². The quantitative estimate of drug-likeness (QED) is 0.754. The number of carboxylic acid groups (broad SMARTS) is 1. The monoisotopic (exact) mass is 256 g/mol. The second-order valence-corrected chi connectivity index (χ2v) is 5.08. The van der Waals surface area contributed by atoms with Gasteiger partial charge in [0.1, 0.15) is 6.04 Å². The Kier molecular flexibility index (Phi) is 3.75. The highest BCUT2D eigenvalue weighted by Gasteiger charge is 2.42. The first-order chi connectivity index (χ1) is 8.54. The summed E-state index contributed by atoms with van der Waals surface area (Å²) >= 11 is 0. The number of carbonyl (C=O) groups excluding carboxylic acids is 1. The van der Waals surface area contributed by atoms with Gasteiger partial charge in [-0.05, 0) is 19.3 Å². The van der Waals surface area contributed by atoms with Gasteiger partial charge in [0, 0.05) is 25.6 Å². The molecule has 1 unspecified atom stereocenters. The largest absolute Gasteiger partial charge is 0.480 e. The zero-order valence-electron chi connectivity index (χ0n) is 10.6. The summed E-state index contributed by atoms with van der Waals surface area (Å²) in [5, 5.41) is 18.7. The number of likely N-dealkylation sites (tertiary alicyclic amines) is 2. The Balaban J connectivity index is 2.10. The maximum atomic E-state index is 12.4. The van der Waals surface area contributed by atoms with E-state index in [0.29, 0.717) is 6.54 Å². The maximum absolute atomic E-state index is 12.4. The van der Waals surface area contributed by atoms with Crippen LogP contribution in [0.1, 0.15) is 32.6 Å². The van der Waals surface area contributed by atoms with Gasteiger partial charge in [-0.15, -0.1) is 0 Å². The van der Waals surface area contributed by atoms with Crippen molar-refractivity contribution in [1.29, 1.82) is 0 Å². The maximum Gasteiger partial charge on any atom is 0.326 e. The second-order valence-electron chi connectivity index (χ2n) is 5.08. The number of rotatable bonds is 2. The van der Waals surface area contributed by atoms with Crippen molar-refractivity contribution in [3.63, 3.8) is 0 Å². The normalized spacial score (nSPS) is 32.0. The van der Waals surface area contributed by atoms with Gasteiger partial charge in [0.15, 0.2) is 0 Å². The van der Waals surface area contributed by atoms with Gasteiger partial charge >= 0.3 is 12.0 Å². The molecule has 6 heteroatoms. The molecule has 0 saturated carbocycles. The fourth-order valence-corrected chi connectivity index (χ4v) is 2.94. The molecule has 2 N–H and O–H groups in total. The number of aliphatic carboxylic acids is 1. The molecule has 0 spiro atoms. The molecule has 2 aliphatic rings. The first-order valence-electron chi connectivity index (χ1n) is 6.52. The summed E-state index contributed by atoms with van der Waals surface area (Å²) in [6, 6.07) is -0.904. The Morgan fingerprint density at radius 3 is 2.67 bits per heavy atom. The molecule has 18 heavy (non-hydrogen) atoms. The minimum absolute atomic E-state index is 0.128. The van der Waals surface area contributed by atoms with Crippen molar-refractivity contribution in [2.24, 2.45) is 0 Å².